The van der Waals surface area contributed by atoms with Gasteiger partial charge in [-0.2, -0.15) is 0 Å². The van der Waals surface area contributed by atoms with E-state index in [1.807, 2.05) is 61.5 Å². The van der Waals surface area contributed by atoms with E-state index >= 15 is 0 Å². The van der Waals surface area contributed by atoms with Gasteiger partial charge in [-0.3, -0.25) is 4.79 Å². The van der Waals surface area contributed by atoms with E-state index in [2.05, 4.69) is 20.6 Å². The predicted octanol–water partition coefficient (Wildman–Crippen LogP) is 3.58. The van der Waals surface area contributed by atoms with Crippen LogP contribution in [0.4, 0.5) is 5.95 Å². The van der Waals surface area contributed by atoms with Crippen LogP contribution in [0.1, 0.15) is 30.5 Å². The topological polar surface area (TPSA) is 76.1 Å². The summed E-state index contributed by atoms with van der Waals surface area (Å²) in [6, 6.07) is 19.3. The lowest BCUT2D eigenvalue weighted by molar-refractivity contribution is -0.121. The van der Waals surface area contributed by atoms with Crippen LogP contribution in [0.25, 0.3) is 0 Å². The summed E-state index contributed by atoms with van der Waals surface area (Å²) in [6.45, 7) is 3.03. The van der Waals surface area contributed by atoms with E-state index in [0.29, 0.717) is 25.5 Å². The van der Waals surface area contributed by atoms with Gasteiger partial charge in [0.25, 0.3) is 0 Å². The first kappa shape index (κ1) is 19.4. The largest absolute Gasteiger partial charge is 0.494 e. The van der Waals surface area contributed by atoms with Crippen molar-refractivity contribution in [3.8, 4) is 5.75 Å². The molecule has 28 heavy (non-hydrogen) atoms. The third-order valence-electron chi connectivity index (χ3n) is 4.16. The molecule has 1 atom stereocenters. The molecule has 1 aromatic heterocycles. The zero-order valence-corrected chi connectivity index (χ0v) is 15.8. The summed E-state index contributed by atoms with van der Waals surface area (Å²) in [6.07, 6.45) is 3.64. The molecule has 0 aliphatic carbocycles. The van der Waals surface area contributed by atoms with Gasteiger partial charge in [-0.25, -0.2) is 9.97 Å². The molecule has 2 N–H and O–H groups in total. The molecule has 0 aliphatic heterocycles. The molecule has 0 aliphatic rings. The maximum absolute atomic E-state index is 12.5. The lowest BCUT2D eigenvalue weighted by Gasteiger charge is -2.20. The fourth-order valence-corrected chi connectivity index (χ4v) is 2.84. The fraction of sp³-hybridized carbons (Fsp3) is 0.227. The Hall–Kier alpha value is -3.41. The highest BCUT2D eigenvalue weighted by molar-refractivity contribution is 5.77. The molecular formula is C22H24N4O2. The monoisotopic (exact) mass is 376 g/mol. The molecular weight excluding hydrogens is 352 g/mol. The Morgan fingerprint density at radius 3 is 2.32 bits per heavy atom. The van der Waals surface area contributed by atoms with Gasteiger partial charge in [0.15, 0.2) is 0 Å². The molecule has 0 bridgehead atoms. The van der Waals surface area contributed by atoms with E-state index < -0.39 is 0 Å². The second-order valence-corrected chi connectivity index (χ2v) is 6.16. The van der Waals surface area contributed by atoms with Crippen molar-refractivity contribution in [3.63, 3.8) is 0 Å². The SMILES string of the molecule is CCOc1ccc(C(NC(=O)CCNc2ncccn2)c2ccccc2)cc1. The average Bonchev–Trinajstić information content (AvgIpc) is 2.74. The zero-order valence-electron chi connectivity index (χ0n) is 15.8. The lowest BCUT2D eigenvalue weighted by Crippen LogP contribution is -2.30. The van der Waals surface area contributed by atoms with Gasteiger partial charge in [-0.15, -0.1) is 0 Å². The van der Waals surface area contributed by atoms with Crippen molar-refractivity contribution < 1.29 is 9.53 Å². The summed E-state index contributed by atoms with van der Waals surface area (Å²) >= 11 is 0. The number of carbonyl (C=O) groups is 1. The first-order valence-corrected chi connectivity index (χ1v) is 9.34. The van der Waals surface area contributed by atoms with Crippen LogP contribution in [0.3, 0.4) is 0 Å². The Kier molecular flexibility index (Phi) is 6.95. The van der Waals surface area contributed by atoms with Crippen LogP contribution in [0.2, 0.25) is 0 Å². The van der Waals surface area contributed by atoms with E-state index in [1.54, 1.807) is 18.5 Å². The molecule has 3 aromatic rings. The van der Waals surface area contributed by atoms with Crippen LogP contribution < -0.4 is 15.4 Å². The Bertz CT molecular complexity index is 855. The number of rotatable bonds is 9. The Morgan fingerprint density at radius 1 is 0.964 bits per heavy atom. The molecule has 0 spiro atoms. The van der Waals surface area contributed by atoms with Gasteiger partial charge < -0.3 is 15.4 Å². The zero-order chi connectivity index (χ0) is 19.6. The number of aromatic nitrogens is 2. The van der Waals surface area contributed by atoms with Crippen LogP contribution in [0, 0.1) is 0 Å². The van der Waals surface area contributed by atoms with E-state index in [9.17, 15) is 4.79 Å². The molecule has 0 saturated heterocycles. The van der Waals surface area contributed by atoms with E-state index in [0.717, 1.165) is 16.9 Å². The molecule has 0 saturated carbocycles. The highest BCUT2D eigenvalue weighted by Crippen LogP contribution is 2.24. The minimum absolute atomic E-state index is 0.0498. The number of carbonyl (C=O) groups excluding carboxylic acids is 1. The van der Waals surface area contributed by atoms with Crippen molar-refractivity contribution in [1.82, 2.24) is 15.3 Å². The highest BCUT2D eigenvalue weighted by atomic mass is 16.5. The van der Waals surface area contributed by atoms with Gasteiger partial charge >= 0.3 is 0 Å². The first-order chi connectivity index (χ1) is 13.8. The van der Waals surface area contributed by atoms with Gasteiger partial charge in [0, 0.05) is 25.4 Å². The number of amides is 1. The molecule has 144 valence electrons. The number of ether oxygens (including phenoxy) is 1. The maximum atomic E-state index is 12.5. The Balaban J connectivity index is 1.66. The molecule has 6 heteroatoms. The van der Waals surface area contributed by atoms with E-state index in [1.165, 1.54) is 0 Å². The van der Waals surface area contributed by atoms with Crippen molar-refractivity contribution in [1.29, 1.82) is 0 Å². The molecule has 0 radical (unpaired) electrons. The van der Waals surface area contributed by atoms with Crippen molar-refractivity contribution in [2.75, 3.05) is 18.5 Å². The number of hydrogen-bond donors (Lipinski definition) is 2. The quantitative estimate of drug-likeness (QED) is 0.597. The van der Waals surface area contributed by atoms with Crippen LogP contribution >= 0.6 is 0 Å². The minimum atomic E-state index is -0.225. The number of nitrogens with one attached hydrogen (secondary N) is 2. The van der Waals surface area contributed by atoms with Gasteiger partial charge in [0.05, 0.1) is 12.6 Å². The summed E-state index contributed by atoms with van der Waals surface area (Å²) in [5.41, 5.74) is 2.03. The van der Waals surface area contributed by atoms with Crippen molar-refractivity contribution in [2.45, 2.75) is 19.4 Å². The van der Waals surface area contributed by atoms with Gasteiger partial charge in [0.2, 0.25) is 11.9 Å². The van der Waals surface area contributed by atoms with Crippen LogP contribution in [-0.4, -0.2) is 29.0 Å². The second-order valence-electron chi connectivity index (χ2n) is 6.16. The van der Waals surface area contributed by atoms with Gasteiger partial charge in [-0.05, 0) is 36.2 Å². The van der Waals surface area contributed by atoms with Gasteiger partial charge in [-0.1, -0.05) is 42.5 Å². The Labute approximate surface area is 165 Å². The molecule has 2 aromatic carbocycles. The predicted molar refractivity (Wildman–Crippen MR) is 109 cm³/mol. The summed E-state index contributed by atoms with van der Waals surface area (Å²) in [4.78, 5) is 20.7. The molecule has 3 rings (SSSR count). The smallest absolute Gasteiger partial charge is 0.222 e. The third-order valence-corrected chi connectivity index (χ3v) is 4.16. The fourth-order valence-electron chi connectivity index (χ4n) is 2.84. The number of nitrogens with zero attached hydrogens (tertiary/aromatic N) is 2. The average molecular weight is 376 g/mol. The molecule has 0 fully saturated rings. The summed E-state index contributed by atoms with van der Waals surface area (Å²) in [7, 11) is 0. The highest BCUT2D eigenvalue weighted by Gasteiger charge is 2.16. The second kappa shape index (κ2) is 10.1. The molecule has 6 nitrogen and oxygen atoms in total. The summed E-state index contributed by atoms with van der Waals surface area (Å²) in [5, 5.41) is 6.18. The van der Waals surface area contributed by atoms with Crippen molar-refractivity contribution >= 4 is 11.9 Å². The van der Waals surface area contributed by atoms with Crippen LogP contribution in [0.15, 0.2) is 73.1 Å². The summed E-state index contributed by atoms with van der Waals surface area (Å²) < 4.78 is 5.52. The number of benzene rings is 2. The maximum Gasteiger partial charge on any atom is 0.222 e. The standard InChI is InChI=1S/C22H24N4O2/c1-2-28-19-11-9-18(10-12-19)21(17-7-4-3-5-8-17)26-20(27)13-16-25-22-23-14-6-15-24-22/h3-12,14-15,21H,2,13,16H2,1H3,(H,26,27)(H,23,24,25). The molecule has 1 heterocycles. The van der Waals surface area contributed by atoms with Crippen LogP contribution in [0.5, 0.6) is 5.75 Å². The van der Waals surface area contributed by atoms with E-state index in [4.69, 9.17) is 4.74 Å². The first-order valence-electron chi connectivity index (χ1n) is 9.34. The molecule has 1 unspecified atom stereocenters. The van der Waals surface area contributed by atoms with Crippen molar-refractivity contribution in [2.24, 2.45) is 0 Å². The number of anilines is 1. The van der Waals surface area contributed by atoms with E-state index in [-0.39, 0.29) is 11.9 Å². The molecule has 1 amide bonds. The Morgan fingerprint density at radius 2 is 1.64 bits per heavy atom. The normalized spacial score (nSPS) is 11.5. The summed E-state index contributed by atoms with van der Waals surface area (Å²) in [5.74, 6) is 1.28. The minimum Gasteiger partial charge on any atom is -0.494 e. The van der Waals surface area contributed by atoms with Gasteiger partial charge in [0.1, 0.15) is 5.75 Å². The van der Waals surface area contributed by atoms with Crippen LogP contribution in [-0.2, 0) is 4.79 Å². The number of hydrogen-bond acceptors (Lipinski definition) is 5. The lowest BCUT2D eigenvalue weighted by atomic mass is 9.98. The van der Waals surface area contributed by atoms with Crippen molar-refractivity contribution in [3.05, 3.63) is 84.2 Å². The third kappa shape index (κ3) is 5.54.